The van der Waals surface area contributed by atoms with Gasteiger partial charge in [0.25, 0.3) is 0 Å². The maximum absolute atomic E-state index is 5.17. The van der Waals surface area contributed by atoms with Crippen molar-refractivity contribution in [1.29, 1.82) is 0 Å². The van der Waals surface area contributed by atoms with E-state index in [0.29, 0.717) is 0 Å². The number of rotatable bonds is 6. The van der Waals surface area contributed by atoms with Crippen molar-refractivity contribution in [2.45, 2.75) is 64.2 Å². The third kappa shape index (κ3) is 5.93. The highest BCUT2D eigenvalue weighted by molar-refractivity contribution is 5.95. The summed E-state index contributed by atoms with van der Waals surface area (Å²) in [5.74, 6) is 0. The molecule has 0 spiro atoms. The molecule has 0 bridgehead atoms. The lowest BCUT2D eigenvalue weighted by molar-refractivity contribution is 0.666. The fourth-order valence-electron chi connectivity index (χ4n) is 4.80. The maximum Gasteiger partial charge on any atom is 0.0886 e. The third-order valence-electron chi connectivity index (χ3n) is 6.64. The van der Waals surface area contributed by atoms with Crippen molar-refractivity contribution in [2.24, 2.45) is 9.98 Å². The summed E-state index contributed by atoms with van der Waals surface area (Å²) in [6.07, 6.45) is 12.0. The smallest absolute Gasteiger partial charge is 0.0886 e. The van der Waals surface area contributed by atoms with Crippen LogP contribution in [-0.2, 0) is 0 Å². The monoisotopic (exact) mass is 450 g/mol. The van der Waals surface area contributed by atoms with Crippen molar-refractivity contribution in [3.8, 4) is 0 Å². The number of hydrogen-bond donors (Lipinski definition) is 2. The summed E-state index contributed by atoms with van der Waals surface area (Å²) in [6, 6.07) is 25.1. The molecule has 2 saturated carbocycles. The lowest BCUT2D eigenvalue weighted by Gasteiger charge is -2.19. The van der Waals surface area contributed by atoms with Crippen LogP contribution in [-0.4, -0.2) is 11.4 Å². The predicted octanol–water partition coefficient (Wildman–Crippen LogP) is 9.25. The molecule has 3 aromatic rings. The maximum atomic E-state index is 5.17. The van der Waals surface area contributed by atoms with E-state index in [1.54, 1.807) is 0 Å². The van der Waals surface area contributed by atoms with Gasteiger partial charge in [-0.3, -0.25) is 9.98 Å². The van der Waals surface area contributed by atoms with E-state index < -0.39 is 0 Å². The van der Waals surface area contributed by atoms with Crippen LogP contribution in [0.15, 0.2) is 82.8 Å². The Bertz CT molecular complexity index is 1040. The molecule has 2 aliphatic carbocycles. The van der Waals surface area contributed by atoms with Crippen LogP contribution in [0.25, 0.3) is 0 Å². The van der Waals surface area contributed by atoms with Crippen LogP contribution >= 0.6 is 0 Å². The molecule has 4 heteroatoms. The summed E-state index contributed by atoms with van der Waals surface area (Å²) in [5.41, 5.74) is 8.72. The zero-order valence-electron chi connectivity index (χ0n) is 19.9. The molecular formula is C30H34N4. The van der Waals surface area contributed by atoms with Crippen molar-refractivity contribution < 1.29 is 0 Å². The van der Waals surface area contributed by atoms with E-state index in [1.807, 2.05) is 12.1 Å². The fourth-order valence-corrected chi connectivity index (χ4v) is 4.80. The van der Waals surface area contributed by atoms with Crippen LogP contribution in [0.1, 0.15) is 64.2 Å². The van der Waals surface area contributed by atoms with Gasteiger partial charge >= 0.3 is 0 Å². The highest BCUT2D eigenvalue weighted by Crippen LogP contribution is 2.41. The summed E-state index contributed by atoms with van der Waals surface area (Å²) in [7, 11) is 0. The van der Waals surface area contributed by atoms with Gasteiger partial charge in [0.1, 0.15) is 0 Å². The largest absolute Gasteiger partial charge is 0.354 e. The van der Waals surface area contributed by atoms with E-state index in [9.17, 15) is 0 Å². The standard InChI is InChI=1S/C30H34N4/c1-5-13-23(14-6-1)31-27-21-29(33-25-17-9-3-10-18-25)30(34-26-19-11-4-12-20-26)22-28(27)32-24-15-7-2-8-16-24/h1,3,5-6,9-10,13-14,17-18,21-22,31,33H,2,4,7-8,11-12,15-16,19-20H2. The Morgan fingerprint density at radius 3 is 1.29 bits per heavy atom. The molecule has 3 aromatic carbocycles. The van der Waals surface area contributed by atoms with Crippen LogP contribution in [0.3, 0.4) is 0 Å². The van der Waals surface area contributed by atoms with Gasteiger partial charge in [0.05, 0.1) is 22.7 Å². The molecular weight excluding hydrogens is 416 g/mol. The van der Waals surface area contributed by atoms with Crippen LogP contribution in [0.5, 0.6) is 0 Å². The van der Waals surface area contributed by atoms with Gasteiger partial charge in [-0.25, -0.2) is 0 Å². The van der Waals surface area contributed by atoms with E-state index in [0.717, 1.165) is 59.8 Å². The Balaban J connectivity index is 1.59. The van der Waals surface area contributed by atoms with Gasteiger partial charge in [0.15, 0.2) is 0 Å². The van der Waals surface area contributed by atoms with Crippen molar-refractivity contribution in [1.82, 2.24) is 0 Å². The Kier molecular flexibility index (Phi) is 7.34. The van der Waals surface area contributed by atoms with Crippen molar-refractivity contribution >= 4 is 45.5 Å². The molecule has 2 N–H and O–H groups in total. The van der Waals surface area contributed by atoms with Gasteiger partial charge in [-0.2, -0.15) is 0 Å². The van der Waals surface area contributed by atoms with Gasteiger partial charge < -0.3 is 10.6 Å². The second-order valence-electron chi connectivity index (χ2n) is 9.35. The third-order valence-corrected chi connectivity index (χ3v) is 6.64. The quantitative estimate of drug-likeness (QED) is 0.393. The number of benzene rings is 3. The molecule has 4 nitrogen and oxygen atoms in total. The molecule has 34 heavy (non-hydrogen) atoms. The average Bonchev–Trinajstić information content (AvgIpc) is 2.89. The van der Waals surface area contributed by atoms with Crippen LogP contribution < -0.4 is 10.6 Å². The molecule has 0 heterocycles. The number of aliphatic imine (C=N–C) groups is 2. The van der Waals surface area contributed by atoms with Crippen LogP contribution in [0, 0.1) is 0 Å². The van der Waals surface area contributed by atoms with E-state index in [-0.39, 0.29) is 0 Å². The SMILES string of the molecule is c1ccc(Nc2cc(Nc3ccccc3)c(N=C3CCCCC3)cc2N=C2CCCCC2)cc1. The lowest BCUT2D eigenvalue weighted by atomic mass is 9.98. The van der Waals surface area contributed by atoms with Crippen molar-refractivity contribution in [3.05, 3.63) is 72.8 Å². The summed E-state index contributed by atoms with van der Waals surface area (Å²) in [5, 5.41) is 7.25. The highest BCUT2D eigenvalue weighted by Gasteiger charge is 2.15. The fraction of sp³-hybridized carbons (Fsp3) is 0.333. The molecule has 0 radical (unpaired) electrons. The van der Waals surface area contributed by atoms with E-state index in [4.69, 9.17) is 9.98 Å². The summed E-state index contributed by atoms with van der Waals surface area (Å²) < 4.78 is 0. The molecule has 2 fully saturated rings. The molecule has 174 valence electrons. The normalized spacial score (nSPS) is 16.1. The second kappa shape index (κ2) is 11.1. The van der Waals surface area contributed by atoms with E-state index in [2.05, 4.69) is 71.3 Å². The zero-order valence-corrected chi connectivity index (χ0v) is 19.9. The van der Waals surface area contributed by atoms with Crippen molar-refractivity contribution in [2.75, 3.05) is 10.6 Å². The molecule has 5 rings (SSSR count). The Morgan fingerprint density at radius 2 is 0.882 bits per heavy atom. The van der Waals surface area contributed by atoms with Gasteiger partial charge in [0, 0.05) is 22.8 Å². The summed E-state index contributed by atoms with van der Waals surface area (Å²) in [6.45, 7) is 0. The van der Waals surface area contributed by atoms with Gasteiger partial charge in [-0.05, 0) is 87.8 Å². The zero-order chi connectivity index (χ0) is 23.0. The van der Waals surface area contributed by atoms with Gasteiger partial charge in [-0.15, -0.1) is 0 Å². The molecule has 0 aromatic heterocycles. The predicted molar refractivity (Wildman–Crippen MR) is 146 cm³/mol. The van der Waals surface area contributed by atoms with Crippen LogP contribution in [0.4, 0.5) is 34.1 Å². The van der Waals surface area contributed by atoms with Crippen LogP contribution in [0.2, 0.25) is 0 Å². The first-order valence-corrected chi connectivity index (χ1v) is 12.8. The molecule has 0 amide bonds. The summed E-state index contributed by atoms with van der Waals surface area (Å²) in [4.78, 5) is 10.3. The minimum Gasteiger partial charge on any atom is -0.354 e. The minimum absolute atomic E-state index is 0.981. The van der Waals surface area contributed by atoms with Gasteiger partial charge in [0.2, 0.25) is 0 Å². The lowest BCUT2D eigenvalue weighted by Crippen LogP contribution is -2.05. The Labute approximate surface area is 203 Å². The Morgan fingerprint density at radius 1 is 0.471 bits per heavy atom. The van der Waals surface area contributed by atoms with E-state index >= 15 is 0 Å². The molecule has 0 atom stereocenters. The molecule has 0 saturated heterocycles. The topological polar surface area (TPSA) is 48.8 Å². The number of para-hydroxylation sites is 2. The average molecular weight is 451 g/mol. The Hall–Kier alpha value is -3.40. The number of nitrogens with zero attached hydrogens (tertiary/aromatic N) is 2. The second-order valence-corrected chi connectivity index (χ2v) is 9.35. The first-order valence-electron chi connectivity index (χ1n) is 12.8. The van der Waals surface area contributed by atoms with Crippen molar-refractivity contribution in [3.63, 3.8) is 0 Å². The van der Waals surface area contributed by atoms with E-state index in [1.165, 1.54) is 49.9 Å². The first-order chi connectivity index (χ1) is 16.8. The number of hydrogen-bond acceptors (Lipinski definition) is 4. The minimum atomic E-state index is 0.981. The number of nitrogens with one attached hydrogen (secondary N) is 2. The molecule has 0 aliphatic heterocycles. The highest BCUT2D eigenvalue weighted by atomic mass is 15.0. The molecule has 0 unspecified atom stereocenters. The summed E-state index contributed by atoms with van der Waals surface area (Å²) >= 11 is 0. The number of anilines is 4. The molecule has 2 aliphatic rings. The van der Waals surface area contributed by atoms with Gasteiger partial charge in [-0.1, -0.05) is 49.2 Å². The first kappa shape index (κ1) is 22.4.